The quantitative estimate of drug-likeness (QED) is 0.845. The molecule has 3 saturated heterocycles. The Morgan fingerprint density at radius 1 is 1.15 bits per heavy atom. The van der Waals surface area contributed by atoms with Crippen molar-refractivity contribution in [3.63, 3.8) is 0 Å². The Bertz CT molecular complexity index is 701. The second-order valence-corrected chi connectivity index (χ2v) is 7.38. The highest BCUT2D eigenvalue weighted by Crippen LogP contribution is 2.29. The molecule has 0 saturated carbocycles. The van der Waals surface area contributed by atoms with Crippen molar-refractivity contribution in [3.05, 3.63) is 35.4 Å². The fourth-order valence-corrected chi connectivity index (χ4v) is 3.77. The highest BCUT2D eigenvalue weighted by Gasteiger charge is 2.41. The number of fused-ring (bicyclic) bond motifs is 4. The summed E-state index contributed by atoms with van der Waals surface area (Å²) in [5, 5.41) is 9.00. The molecule has 0 radical (unpaired) electrons. The summed E-state index contributed by atoms with van der Waals surface area (Å²) in [5.41, 5.74) is 1.30. The van der Waals surface area contributed by atoms with Gasteiger partial charge in [0.2, 0.25) is 11.8 Å². The van der Waals surface area contributed by atoms with Crippen LogP contribution in [0.1, 0.15) is 28.8 Å². The van der Waals surface area contributed by atoms with Gasteiger partial charge in [-0.1, -0.05) is 12.1 Å². The van der Waals surface area contributed by atoms with E-state index in [0.717, 1.165) is 24.9 Å². The third-order valence-corrected chi connectivity index (χ3v) is 5.28. The minimum atomic E-state index is -0.934. The molecule has 0 aliphatic carbocycles. The lowest BCUT2D eigenvalue weighted by molar-refractivity contribution is -0.145. The lowest BCUT2D eigenvalue weighted by Gasteiger charge is -2.36. The lowest BCUT2D eigenvalue weighted by atomic mass is 9.94. The van der Waals surface area contributed by atoms with Crippen LogP contribution in [-0.4, -0.2) is 77.4 Å². The molecular formula is C19H25N3O4. The average molecular weight is 359 g/mol. The Kier molecular flexibility index (Phi) is 5.27. The molecule has 26 heavy (non-hydrogen) atoms. The predicted octanol–water partition coefficient (Wildman–Crippen LogP) is 0.896. The molecule has 1 aromatic carbocycles. The van der Waals surface area contributed by atoms with Crippen molar-refractivity contribution in [2.24, 2.45) is 5.92 Å². The molecule has 7 nitrogen and oxygen atoms in total. The van der Waals surface area contributed by atoms with Gasteiger partial charge in [-0.25, -0.2) is 4.79 Å². The average Bonchev–Trinajstić information content (AvgIpc) is 2.87. The van der Waals surface area contributed by atoms with E-state index in [2.05, 4.69) is 4.90 Å². The Balaban J connectivity index is 1.69. The maximum atomic E-state index is 12.7. The van der Waals surface area contributed by atoms with Gasteiger partial charge in [0.05, 0.1) is 11.5 Å². The van der Waals surface area contributed by atoms with Crippen molar-refractivity contribution in [2.75, 3.05) is 33.7 Å². The minimum Gasteiger partial charge on any atom is -0.478 e. The zero-order valence-corrected chi connectivity index (χ0v) is 15.2. The maximum Gasteiger partial charge on any atom is 0.335 e. The Hall–Kier alpha value is -2.41. The monoisotopic (exact) mass is 359 g/mol. The second kappa shape index (κ2) is 7.45. The van der Waals surface area contributed by atoms with Gasteiger partial charge in [0.25, 0.3) is 0 Å². The summed E-state index contributed by atoms with van der Waals surface area (Å²) in [6.45, 7) is 2.25. The molecule has 2 unspecified atom stereocenters. The smallest absolute Gasteiger partial charge is 0.335 e. The zero-order chi connectivity index (χ0) is 18.8. The first-order valence-corrected chi connectivity index (χ1v) is 8.90. The summed E-state index contributed by atoms with van der Waals surface area (Å²) < 4.78 is 0. The van der Waals surface area contributed by atoms with Crippen molar-refractivity contribution in [1.29, 1.82) is 0 Å². The van der Waals surface area contributed by atoms with E-state index in [0.29, 0.717) is 13.1 Å². The van der Waals surface area contributed by atoms with Gasteiger partial charge in [-0.3, -0.25) is 14.5 Å². The van der Waals surface area contributed by atoms with E-state index in [1.165, 1.54) is 4.90 Å². The van der Waals surface area contributed by atoms with Crippen LogP contribution in [0.5, 0.6) is 0 Å². The number of carbonyl (C=O) groups is 3. The molecule has 2 bridgehead atoms. The van der Waals surface area contributed by atoms with Gasteiger partial charge in [0.15, 0.2) is 0 Å². The Morgan fingerprint density at radius 3 is 2.46 bits per heavy atom. The van der Waals surface area contributed by atoms with Gasteiger partial charge < -0.3 is 14.9 Å². The lowest BCUT2D eigenvalue weighted by Crippen LogP contribution is -2.51. The zero-order valence-electron chi connectivity index (χ0n) is 15.2. The number of piperidine rings is 1. The number of nitrogens with zero attached hydrogens (tertiary/aromatic N) is 3. The fourth-order valence-electron chi connectivity index (χ4n) is 3.77. The third kappa shape index (κ3) is 3.88. The number of rotatable bonds is 5. The summed E-state index contributed by atoms with van der Waals surface area (Å²) >= 11 is 0. The first-order chi connectivity index (χ1) is 12.3. The number of hydrogen-bond donors (Lipinski definition) is 1. The number of carboxylic acid groups (broad SMARTS) is 1. The number of benzene rings is 1. The van der Waals surface area contributed by atoms with Crippen LogP contribution in [-0.2, 0) is 16.1 Å². The van der Waals surface area contributed by atoms with E-state index in [9.17, 15) is 14.4 Å². The van der Waals surface area contributed by atoms with E-state index >= 15 is 0 Å². The molecule has 7 heteroatoms. The summed E-state index contributed by atoms with van der Waals surface area (Å²) in [4.78, 5) is 41.3. The van der Waals surface area contributed by atoms with E-state index in [-0.39, 0.29) is 35.9 Å². The number of hydrogen-bond acceptors (Lipinski definition) is 4. The molecular weight excluding hydrogens is 334 g/mol. The van der Waals surface area contributed by atoms with Crippen LogP contribution in [0.4, 0.5) is 0 Å². The van der Waals surface area contributed by atoms with Crippen LogP contribution in [0.3, 0.4) is 0 Å². The summed E-state index contributed by atoms with van der Waals surface area (Å²) in [5.74, 6) is -0.972. The summed E-state index contributed by atoms with van der Waals surface area (Å²) in [6.07, 6.45) is 1.79. The summed E-state index contributed by atoms with van der Waals surface area (Å²) in [7, 11) is 3.41. The van der Waals surface area contributed by atoms with Crippen molar-refractivity contribution < 1.29 is 19.5 Å². The van der Waals surface area contributed by atoms with E-state index < -0.39 is 5.97 Å². The first kappa shape index (κ1) is 18.4. The van der Waals surface area contributed by atoms with E-state index in [4.69, 9.17) is 5.11 Å². The van der Waals surface area contributed by atoms with Crippen molar-refractivity contribution in [3.8, 4) is 0 Å². The van der Waals surface area contributed by atoms with Gasteiger partial charge in [-0.2, -0.15) is 0 Å². The van der Waals surface area contributed by atoms with Crippen molar-refractivity contribution in [2.45, 2.75) is 25.4 Å². The summed E-state index contributed by atoms with van der Waals surface area (Å²) in [6, 6.07) is 6.93. The number of aromatic carboxylic acids is 1. The van der Waals surface area contributed by atoms with Crippen LogP contribution in [0.2, 0.25) is 0 Å². The van der Waals surface area contributed by atoms with Crippen LogP contribution in [0, 0.1) is 5.92 Å². The largest absolute Gasteiger partial charge is 0.478 e. The molecule has 2 amide bonds. The highest BCUT2D eigenvalue weighted by molar-refractivity contribution is 5.87. The van der Waals surface area contributed by atoms with Gasteiger partial charge in [-0.15, -0.1) is 0 Å². The molecule has 0 aromatic heterocycles. The molecule has 3 aliphatic rings. The van der Waals surface area contributed by atoms with Gasteiger partial charge in [0.1, 0.15) is 6.54 Å². The van der Waals surface area contributed by atoms with Crippen LogP contribution in [0.25, 0.3) is 0 Å². The number of carboxylic acids is 1. The number of likely N-dealkylation sites (N-methyl/N-ethyl adjacent to an activating group) is 1. The van der Waals surface area contributed by atoms with Gasteiger partial charge >= 0.3 is 5.97 Å². The molecule has 3 fully saturated rings. The van der Waals surface area contributed by atoms with Crippen molar-refractivity contribution >= 4 is 17.8 Å². The molecule has 1 aromatic rings. The number of amides is 2. The fraction of sp³-hybridized carbons (Fsp3) is 0.526. The van der Waals surface area contributed by atoms with E-state index in [1.807, 2.05) is 12.1 Å². The standard InChI is InChI=1S/C19H25N3O4/c1-20(2)17(23)12-22-16-8-7-15(18(22)24)10-21(11-16)9-13-3-5-14(6-4-13)19(25)26/h3-6,15-16H,7-12H2,1-2H3,(H,25,26). The molecule has 0 spiro atoms. The minimum absolute atomic E-state index is 0.0540. The molecule has 4 rings (SSSR count). The molecule has 1 N–H and O–H groups in total. The normalized spacial score (nSPS) is 23.0. The van der Waals surface area contributed by atoms with Crippen molar-refractivity contribution in [1.82, 2.24) is 14.7 Å². The van der Waals surface area contributed by atoms with E-state index in [1.54, 1.807) is 31.1 Å². The van der Waals surface area contributed by atoms with Crippen LogP contribution in [0.15, 0.2) is 24.3 Å². The Labute approximate surface area is 153 Å². The SMILES string of the molecule is CN(C)C(=O)CN1C(=O)C2CCC1CN(Cc1ccc(C(=O)O)cc1)C2. The topological polar surface area (TPSA) is 81.2 Å². The number of carbonyl (C=O) groups excluding carboxylic acids is 2. The Morgan fingerprint density at radius 2 is 1.85 bits per heavy atom. The van der Waals surface area contributed by atoms with Crippen LogP contribution >= 0.6 is 0 Å². The highest BCUT2D eigenvalue weighted by atomic mass is 16.4. The van der Waals surface area contributed by atoms with Crippen LogP contribution < -0.4 is 0 Å². The molecule has 140 valence electrons. The molecule has 2 atom stereocenters. The maximum absolute atomic E-state index is 12.7. The predicted molar refractivity (Wildman–Crippen MR) is 95.6 cm³/mol. The molecule has 3 heterocycles. The third-order valence-electron chi connectivity index (χ3n) is 5.28. The first-order valence-electron chi connectivity index (χ1n) is 8.90. The van der Waals surface area contributed by atoms with Gasteiger partial charge in [-0.05, 0) is 30.5 Å². The molecule has 3 aliphatic heterocycles. The van der Waals surface area contributed by atoms with Gasteiger partial charge in [0, 0.05) is 39.8 Å². The second-order valence-electron chi connectivity index (χ2n) is 7.38.